The number of rotatable bonds is 5. The van der Waals surface area contributed by atoms with Gasteiger partial charge in [-0.05, 0) is 35.9 Å². The van der Waals surface area contributed by atoms with Gasteiger partial charge in [0.1, 0.15) is 11.5 Å². The molecular formula is C20H22N4O3. The molecule has 3 heterocycles. The maximum Gasteiger partial charge on any atom is 0.289 e. The number of carbonyl (C=O) groups excluding carboxylic acids is 1. The Hall–Kier alpha value is -3.06. The summed E-state index contributed by atoms with van der Waals surface area (Å²) in [6.45, 7) is 1.57. The lowest BCUT2D eigenvalue weighted by atomic mass is 9.95. The van der Waals surface area contributed by atoms with E-state index >= 15 is 0 Å². The third-order valence-electron chi connectivity index (χ3n) is 4.95. The molecule has 0 bridgehead atoms. The first-order chi connectivity index (χ1) is 13.1. The average Bonchev–Trinajstić information content (AvgIpc) is 3.43. The number of nitrogens with two attached hydrogens (primary N) is 1. The largest absolute Gasteiger partial charge is 0.497 e. The fourth-order valence-electron chi connectivity index (χ4n) is 3.49. The van der Waals surface area contributed by atoms with Crippen molar-refractivity contribution < 1.29 is 13.9 Å². The normalized spacial score (nSPS) is 19.4. The van der Waals surface area contributed by atoms with Gasteiger partial charge in [-0.1, -0.05) is 12.1 Å². The molecular weight excluding hydrogens is 344 g/mol. The van der Waals surface area contributed by atoms with Crippen molar-refractivity contribution in [3.8, 4) is 5.75 Å². The predicted molar refractivity (Wildman–Crippen MR) is 99.7 cm³/mol. The molecule has 1 fully saturated rings. The van der Waals surface area contributed by atoms with Crippen LogP contribution in [0.3, 0.4) is 0 Å². The van der Waals surface area contributed by atoms with Crippen LogP contribution in [0.5, 0.6) is 5.75 Å². The van der Waals surface area contributed by atoms with Crippen molar-refractivity contribution in [1.82, 2.24) is 14.7 Å². The Morgan fingerprint density at radius 2 is 2.07 bits per heavy atom. The minimum absolute atomic E-state index is 0.0957. The molecule has 0 unspecified atom stereocenters. The highest BCUT2D eigenvalue weighted by Gasteiger charge is 2.35. The molecule has 7 heteroatoms. The monoisotopic (exact) mass is 366 g/mol. The smallest absolute Gasteiger partial charge is 0.289 e. The van der Waals surface area contributed by atoms with Crippen molar-refractivity contribution in [2.75, 3.05) is 20.2 Å². The molecule has 27 heavy (non-hydrogen) atoms. The SMILES string of the molecule is COc1ccc([C@@H]2CN(C(=O)c3ccc(Cn4cccn4)o3)C[C@H]2N)cc1. The molecule has 3 aromatic rings. The molecule has 1 aliphatic heterocycles. The standard InChI is InChI=1S/C20H22N4O3/c1-26-15-5-3-14(4-6-15)17-12-23(13-18(17)21)20(25)19-8-7-16(27-19)11-24-10-2-9-22-24/h2-10,17-18H,11-13,21H2,1H3/t17-,18+/m0/s1. The fraction of sp³-hybridized carbons (Fsp3) is 0.300. The Morgan fingerprint density at radius 3 is 2.78 bits per heavy atom. The van der Waals surface area contributed by atoms with Gasteiger partial charge in [-0.2, -0.15) is 5.10 Å². The van der Waals surface area contributed by atoms with Crippen molar-refractivity contribution in [1.29, 1.82) is 0 Å². The number of carbonyl (C=O) groups is 1. The highest BCUT2D eigenvalue weighted by Crippen LogP contribution is 2.29. The summed E-state index contributed by atoms with van der Waals surface area (Å²) in [5.74, 6) is 1.79. The number of hydrogen-bond donors (Lipinski definition) is 1. The summed E-state index contributed by atoms with van der Waals surface area (Å²) in [7, 11) is 1.64. The molecule has 1 aliphatic rings. The number of ether oxygens (including phenoxy) is 1. The molecule has 140 valence electrons. The van der Waals surface area contributed by atoms with Crippen LogP contribution in [0.2, 0.25) is 0 Å². The Kier molecular flexibility index (Phi) is 4.68. The molecule has 1 aromatic carbocycles. The van der Waals surface area contributed by atoms with Crippen molar-refractivity contribution in [3.05, 3.63) is 71.9 Å². The van der Waals surface area contributed by atoms with E-state index in [1.807, 2.05) is 42.6 Å². The van der Waals surface area contributed by atoms with E-state index in [-0.39, 0.29) is 17.9 Å². The molecule has 1 amide bonds. The first-order valence-corrected chi connectivity index (χ1v) is 8.89. The first-order valence-electron chi connectivity index (χ1n) is 8.89. The van der Waals surface area contributed by atoms with Gasteiger partial charge in [0, 0.05) is 37.4 Å². The van der Waals surface area contributed by atoms with Gasteiger partial charge in [0.25, 0.3) is 5.91 Å². The van der Waals surface area contributed by atoms with Crippen LogP contribution in [0.4, 0.5) is 0 Å². The van der Waals surface area contributed by atoms with E-state index in [0.29, 0.717) is 31.2 Å². The number of methoxy groups -OCH3 is 1. The Balaban J connectivity index is 1.44. The number of nitrogens with zero attached hydrogens (tertiary/aromatic N) is 3. The summed E-state index contributed by atoms with van der Waals surface area (Å²) < 4.78 is 12.7. The van der Waals surface area contributed by atoms with Crippen LogP contribution in [-0.2, 0) is 6.54 Å². The zero-order valence-corrected chi connectivity index (χ0v) is 15.1. The van der Waals surface area contributed by atoms with Crippen molar-refractivity contribution in [2.24, 2.45) is 5.73 Å². The minimum atomic E-state index is -0.131. The van der Waals surface area contributed by atoms with Gasteiger partial charge >= 0.3 is 0 Å². The van der Waals surface area contributed by atoms with Crippen LogP contribution in [0.25, 0.3) is 0 Å². The zero-order valence-electron chi connectivity index (χ0n) is 15.1. The topological polar surface area (TPSA) is 86.5 Å². The van der Waals surface area contributed by atoms with Crippen molar-refractivity contribution in [3.63, 3.8) is 0 Å². The molecule has 2 atom stereocenters. The van der Waals surface area contributed by atoms with E-state index in [1.54, 1.807) is 29.0 Å². The maximum absolute atomic E-state index is 12.8. The van der Waals surface area contributed by atoms with E-state index in [4.69, 9.17) is 14.9 Å². The summed E-state index contributed by atoms with van der Waals surface area (Å²) in [5.41, 5.74) is 7.42. The first kappa shape index (κ1) is 17.4. The molecule has 1 saturated heterocycles. The third-order valence-corrected chi connectivity index (χ3v) is 4.95. The van der Waals surface area contributed by atoms with Crippen LogP contribution in [-0.4, -0.2) is 46.8 Å². The minimum Gasteiger partial charge on any atom is -0.497 e. The van der Waals surface area contributed by atoms with Gasteiger partial charge in [-0.15, -0.1) is 0 Å². The van der Waals surface area contributed by atoms with E-state index in [0.717, 1.165) is 11.3 Å². The maximum atomic E-state index is 12.8. The second-order valence-corrected chi connectivity index (χ2v) is 6.72. The van der Waals surface area contributed by atoms with Crippen molar-refractivity contribution >= 4 is 5.91 Å². The van der Waals surface area contributed by atoms with Gasteiger partial charge in [0.2, 0.25) is 0 Å². The second kappa shape index (κ2) is 7.28. The summed E-state index contributed by atoms with van der Waals surface area (Å²) in [5, 5.41) is 4.14. The lowest BCUT2D eigenvalue weighted by Crippen LogP contribution is -2.32. The van der Waals surface area contributed by atoms with E-state index in [1.165, 1.54) is 0 Å². The lowest BCUT2D eigenvalue weighted by Gasteiger charge is -2.15. The van der Waals surface area contributed by atoms with Gasteiger partial charge in [-0.25, -0.2) is 0 Å². The molecule has 2 N–H and O–H groups in total. The molecule has 2 aromatic heterocycles. The van der Waals surface area contributed by atoms with E-state index in [9.17, 15) is 4.79 Å². The van der Waals surface area contributed by atoms with Crippen LogP contribution in [0.15, 0.2) is 59.3 Å². The van der Waals surface area contributed by atoms with Gasteiger partial charge in [0.15, 0.2) is 5.76 Å². The van der Waals surface area contributed by atoms with Crippen LogP contribution < -0.4 is 10.5 Å². The van der Waals surface area contributed by atoms with Gasteiger partial charge in [0.05, 0.1) is 13.7 Å². The quantitative estimate of drug-likeness (QED) is 0.747. The number of hydrogen-bond acceptors (Lipinski definition) is 5. The van der Waals surface area contributed by atoms with E-state index < -0.39 is 0 Å². The molecule has 0 spiro atoms. The zero-order chi connectivity index (χ0) is 18.8. The summed E-state index contributed by atoms with van der Waals surface area (Å²) in [4.78, 5) is 14.6. The number of amides is 1. The highest BCUT2D eigenvalue weighted by atomic mass is 16.5. The number of benzene rings is 1. The van der Waals surface area contributed by atoms with Gasteiger partial charge in [-0.3, -0.25) is 9.48 Å². The fourth-order valence-corrected chi connectivity index (χ4v) is 3.49. The summed E-state index contributed by atoms with van der Waals surface area (Å²) >= 11 is 0. The molecule has 0 aliphatic carbocycles. The predicted octanol–water partition coefficient (Wildman–Crippen LogP) is 2.10. The Bertz CT molecular complexity index is 902. The van der Waals surface area contributed by atoms with Crippen LogP contribution >= 0.6 is 0 Å². The number of aromatic nitrogens is 2. The molecule has 0 radical (unpaired) electrons. The third kappa shape index (κ3) is 3.59. The molecule has 4 rings (SSSR count). The van der Waals surface area contributed by atoms with Crippen LogP contribution in [0.1, 0.15) is 27.8 Å². The summed E-state index contributed by atoms with van der Waals surface area (Å²) in [6, 6.07) is 13.1. The molecule has 0 saturated carbocycles. The Labute approximate surface area is 157 Å². The van der Waals surface area contributed by atoms with Crippen molar-refractivity contribution in [2.45, 2.75) is 18.5 Å². The average molecular weight is 366 g/mol. The number of furan rings is 1. The van der Waals surface area contributed by atoms with Gasteiger partial charge < -0.3 is 19.8 Å². The number of likely N-dealkylation sites (tertiary alicyclic amines) is 1. The van der Waals surface area contributed by atoms with E-state index in [2.05, 4.69) is 5.10 Å². The summed E-state index contributed by atoms with van der Waals surface area (Å²) in [6.07, 6.45) is 3.56. The Morgan fingerprint density at radius 1 is 1.26 bits per heavy atom. The van der Waals surface area contributed by atoms with Crippen LogP contribution in [0, 0.1) is 0 Å². The lowest BCUT2D eigenvalue weighted by molar-refractivity contribution is 0.0755. The second-order valence-electron chi connectivity index (χ2n) is 6.72. The molecule has 7 nitrogen and oxygen atoms in total. The highest BCUT2D eigenvalue weighted by molar-refractivity contribution is 5.91.